The quantitative estimate of drug-likeness (QED) is 0.667. The molecule has 0 bridgehead atoms. The minimum atomic E-state index is -3.90. The second kappa shape index (κ2) is 6.91. The molecule has 118 valence electrons. The Balaban J connectivity index is 3.17. The van der Waals surface area contributed by atoms with E-state index in [1.54, 1.807) is 6.92 Å². The molecule has 0 saturated carbocycles. The summed E-state index contributed by atoms with van der Waals surface area (Å²) in [6.45, 7) is 5.77. The molecule has 4 N–H and O–H groups in total. The molecule has 21 heavy (non-hydrogen) atoms. The third kappa shape index (κ3) is 4.18. The second-order valence-corrected chi connectivity index (χ2v) is 6.73. The Morgan fingerprint density at radius 3 is 2.38 bits per heavy atom. The molecule has 0 fully saturated rings. The molecular weight excluding hydrogens is 292 g/mol. The van der Waals surface area contributed by atoms with E-state index in [1.807, 2.05) is 13.8 Å². The van der Waals surface area contributed by atoms with Gasteiger partial charge in [-0.1, -0.05) is 26.7 Å². The molecule has 1 aromatic rings. The van der Waals surface area contributed by atoms with Gasteiger partial charge in [0.25, 0.3) is 0 Å². The average Bonchev–Trinajstić information content (AvgIpc) is 2.38. The van der Waals surface area contributed by atoms with Crippen LogP contribution >= 0.6 is 0 Å². The molecule has 7 heteroatoms. The molecular formula is C14H22N2O4S. The van der Waals surface area contributed by atoms with Gasteiger partial charge in [-0.15, -0.1) is 0 Å². The molecule has 0 spiro atoms. The number of rotatable bonds is 7. The number of carboxylic acid groups (broad SMARTS) is 1. The minimum Gasteiger partial charge on any atom is -0.478 e. The van der Waals surface area contributed by atoms with Crippen molar-refractivity contribution in [2.75, 3.05) is 5.73 Å². The van der Waals surface area contributed by atoms with Crippen LogP contribution in [0.2, 0.25) is 0 Å². The van der Waals surface area contributed by atoms with Gasteiger partial charge in [0.05, 0.1) is 10.5 Å². The van der Waals surface area contributed by atoms with Gasteiger partial charge in [-0.3, -0.25) is 0 Å². The van der Waals surface area contributed by atoms with E-state index in [2.05, 4.69) is 4.72 Å². The van der Waals surface area contributed by atoms with Crippen molar-refractivity contribution >= 4 is 21.7 Å². The van der Waals surface area contributed by atoms with Gasteiger partial charge < -0.3 is 10.8 Å². The molecule has 0 amide bonds. The largest absolute Gasteiger partial charge is 0.478 e. The van der Waals surface area contributed by atoms with Crippen LogP contribution in [0, 0.1) is 5.92 Å². The zero-order valence-corrected chi connectivity index (χ0v) is 13.3. The second-order valence-electron chi connectivity index (χ2n) is 5.05. The maximum atomic E-state index is 12.4. The summed E-state index contributed by atoms with van der Waals surface area (Å²) < 4.78 is 27.4. The monoisotopic (exact) mass is 314 g/mol. The first-order chi connectivity index (χ1) is 9.72. The lowest BCUT2D eigenvalue weighted by Crippen LogP contribution is -2.38. The fraction of sp³-hybridized carbons (Fsp3) is 0.500. The third-order valence-corrected chi connectivity index (χ3v) is 5.24. The summed E-state index contributed by atoms with van der Waals surface area (Å²) in [6.07, 6.45) is 1.68. The van der Waals surface area contributed by atoms with E-state index in [-0.39, 0.29) is 28.1 Å². The van der Waals surface area contributed by atoms with Crippen LogP contribution in [0.3, 0.4) is 0 Å². The summed E-state index contributed by atoms with van der Waals surface area (Å²) in [6, 6.07) is 3.48. The lowest BCUT2D eigenvalue weighted by atomic mass is 9.96. The van der Waals surface area contributed by atoms with Crippen LogP contribution in [0.15, 0.2) is 23.1 Å². The lowest BCUT2D eigenvalue weighted by Gasteiger charge is -2.22. The van der Waals surface area contributed by atoms with Crippen LogP contribution in [0.5, 0.6) is 0 Å². The summed E-state index contributed by atoms with van der Waals surface area (Å²) in [5.41, 5.74) is 5.41. The number of carbonyl (C=O) groups is 1. The summed E-state index contributed by atoms with van der Waals surface area (Å²) in [5, 5.41) is 9.14. The number of carboxylic acids is 1. The Morgan fingerprint density at radius 2 is 1.90 bits per heavy atom. The Labute approximate surface area is 125 Å². The van der Waals surface area contributed by atoms with E-state index in [0.717, 1.165) is 18.9 Å². The van der Waals surface area contributed by atoms with Gasteiger partial charge >= 0.3 is 5.97 Å². The molecule has 0 aliphatic heterocycles. The number of sulfonamides is 1. The molecule has 0 aliphatic carbocycles. The zero-order valence-electron chi connectivity index (χ0n) is 12.5. The van der Waals surface area contributed by atoms with Crippen LogP contribution in [-0.2, 0) is 10.0 Å². The van der Waals surface area contributed by atoms with Crippen molar-refractivity contribution in [3.63, 3.8) is 0 Å². The average molecular weight is 314 g/mol. The highest BCUT2D eigenvalue weighted by molar-refractivity contribution is 7.89. The Morgan fingerprint density at radius 1 is 1.33 bits per heavy atom. The number of nitrogens with two attached hydrogens (primary N) is 1. The molecule has 1 atom stereocenters. The standard InChI is InChI=1S/C14H22N2O4S/c1-4-10(5-2)9(3)16-21(19,20)13-7-6-11(15)8-12(13)14(17)18/h6-10,16H,4-5,15H2,1-3H3,(H,17,18). The summed E-state index contributed by atoms with van der Waals surface area (Å²) >= 11 is 0. The third-order valence-electron chi connectivity index (χ3n) is 3.62. The fourth-order valence-corrected chi connectivity index (χ4v) is 3.84. The van der Waals surface area contributed by atoms with Crippen molar-refractivity contribution in [3.8, 4) is 0 Å². The van der Waals surface area contributed by atoms with Crippen molar-refractivity contribution in [2.24, 2.45) is 5.92 Å². The van der Waals surface area contributed by atoms with Gasteiger partial charge in [0, 0.05) is 11.7 Å². The molecule has 1 rings (SSSR count). The van der Waals surface area contributed by atoms with Gasteiger partial charge in [-0.25, -0.2) is 17.9 Å². The molecule has 1 unspecified atom stereocenters. The molecule has 0 aliphatic rings. The highest BCUT2D eigenvalue weighted by atomic mass is 32.2. The SMILES string of the molecule is CCC(CC)C(C)NS(=O)(=O)c1ccc(N)cc1C(=O)O. The normalized spacial score (nSPS) is 13.3. The van der Waals surface area contributed by atoms with Crippen LogP contribution < -0.4 is 10.5 Å². The number of nitrogens with one attached hydrogen (secondary N) is 1. The van der Waals surface area contributed by atoms with Crippen LogP contribution in [0.4, 0.5) is 5.69 Å². The van der Waals surface area contributed by atoms with Gasteiger partial charge in [-0.05, 0) is 31.0 Å². The Kier molecular flexibility index (Phi) is 5.74. The van der Waals surface area contributed by atoms with Gasteiger partial charge in [0.15, 0.2) is 0 Å². The molecule has 0 aromatic heterocycles. The fourth-order valence-electron chi connectivity index (χ4n) is 2.35. The van der Waals surface area contributed by atoms with Crippen LogP contribution in [0.1, 0.15) is 44.0 Å². The molecule has 0 saturated heterocycles. The van der Waals surface area contributed by atoms with E-state index < -0.39 is 16.0 Å². The van der Waals surface area contributed by atoms with Gasteiger partial charge in [0.1, 0.15) is 0 Å². The molecule has 0 heterocycles. The smallest absolute Gasteiger partial charge is 0.337 e. The van der Waals surface area contributed by atoms with Crippen molar-refractivity contribution in [1.82, 2.24) is 4.72 Å². The van der Waals surface area contributed by atoms with Crippen molar-refractivity contribution in [2.45, 2.75) is 44.6 Å². The van der Waals surface area contributed by atoms with Crippen molar-refractivity contribution in [1.29, 1.82) is 0 Å². The van der Waals surface area contributed by atoms with Crippen molar-refractivity contribution < 1.29 is 18.3 Å². The van der Waals surface area contributed by atoms with E-state index in [1.165, 1.54) is 12.1 Å². The van der Waals surface area contributed by atoms with E-state index in [4.69, 9.17) is 10.8 Å². The number of nitrogen functional groups attached to an aromatic ring is 1. The first kappa shape index (κ1) is 17.5. The lowest BCUT2D eigenvalue weighted by molar-refractivity contribution is 0.0692. The summed E-state index contributed by atoms with van der Waals surface area (Å²) in [7, 11) is -3.90. The first-order valence-corrected chi connectivity index (χ1v) is 8.36. The topological polar surface area (TPSA) is 109 Å². The number of benzene rings is 1. The number of hydrogen-bond donors (Lipinski definition) is 3. The van der Waals surface area contributed by atoms with Crippen LogP contribution in [0.25, 0.3) is 0 Å². The first-order valence-electron chi connectivity index (χ1n) is 6.88. The summed E-state index contributed by atoms with van der Waals surface area (Å²) in [5.74, 6) is -1.13. The van der Waals surface area contributed by atoms with Gasteiger partial charge in [0.2, 0.25) is 10.0 Å². The summed E-state index contributed by atoms with van der Waals surface area (Å²) in [4.78, 5) is 10.9. The highest BCUT2D eigenvalue weighted by Crippen LogP contribution is 2.21. The predicted molar refractivity (Wildman–Crippen MR) is 81.7 cm³/mol. The number of aromatic carboxylic acids is 1. The van der Waals surface area contributed by atoms with E-state index in [9.17, 15) is 13.2 Å². The molecule has 6 nitrogen and oxygen atoms in total. The Hall–Kier alpha value is -1.60. The van der Waals surface area contributed by atoms with E-state index in [0.29, 0.717) is 0 Å². The maximum Gasteiger partial charge on any atom is 0.337 e. The highest BCUT2D eigenvalue weighted by Gasteiger charge is 2.26. The minimum absolute atomic E-state index is 0.196. The number of hydrogen-bond acceptors (Lipinski definition) is 4. The van der Waals surface area contributed by atoms with Crippen molar-refractivity contribution in [3.05, 3.63) is 23.8 Å². The molecule has 1 aromatic carbocycles. The zero-order chi connectivity index (χ0) is 16.2. The Bertz CT molecular complexity index is 609. The maximum absolute atomic E-state index is 12.4. The van der Waals surface area contributed by atoms with Crippen LogP contribution in [-0.4, -0.2) is 25.5 Å². The molecule has 0 radical (unpaired) electrons. The van der Waals surface area contributed by atoms with E-state index >= 15 is 0 Å². The van der Waals surface area contributed by atoms with Gasteiger partial charge in [-0.2, -0.15) is 0 Å². The predicted octanol–water partition coefficient (Wildman–Crippen LogP) is 2.07. The number of anilines is 1.